The highest BCUT2D eigenvalue weighted by Crippen LogP contribution is 2.57. The summed E-state index contributed by atoms with van der Waals surface area (Å²) in [4.78, 5) is 0. The summed E-state index contributed by atoms with van der Waals surface area (Å²) in [7, 11) is -13.0. The summed E-state index contributed by atoms with van der Waals surface area (Å²) in [6.45, 7) is 10.4. The van der Waals surface area contributed by atoms with Gasteiger partial charge in [-0.3, -0.25) is 0 Å². The first-order valence-corrected chi connectivity index (χ1v) is 22.1. The van der Waals surface area contributed by atoms with Gasteiger partial charge in [0.05, 0.1) is 0 Å². The van der Waals surface area contributed by atoms with E-state index in [1.54, 1.807) is 0 Å². The fourth-order valence-corrected chi connectivity index (χ4v) is 28.8. The van der Waals surface area contributed by atoms with Crippen LogP contribution in [-0.4, -0.2) is 61.6 Å². The zero-order valence-corrected chi connectivity index (χ0v) is 26.9. The lowest BCUT2D eigenvalue weighted by atomic mass is 10.00. The van der Waals surface area contributed by atoms with Crippen molar-refractivity contribution in [3.05, 3.63) is 0 Å². The molecule has 0 unspecified atom stereocenters. The van der Waals surface area contributed by atoms with Gasteiger partial charge in [-0.25, -0.2) is 0 Å². The Balaban J connectivity index is 1.65. The van der Waals surface area contributed by atoms with Crippen LogP contribution in [-0.2, 0) is 34.2 Å². The molecule has 0 aromatic carbocycles. The van der Waals surface area contributed by atoms with E-state index < -0.39 is 35.2 Å². The second-order valence-corrected chi connectivity index (χ2v) is 23.6. The minimum Gasteiger partial charge on any atom is -0.374 e. The molecule has 12 heteroatoms. The molecular formula is C24H48O8Si4. The van der Waals surface area contributed by atoms with Crippen molar-refractivity contribution < 1.29 is 34.2 Å². The Morgan fingerprint density at radius 2 is 0.611 bits per heavy atom. The van der Waals surface area contributed by atoms with Gasteiger partial charge in [0.25, 0.3) is 0 Å². The lowest BCUT2D eigenvalue weighted by molar-refractivity contribution is -0.0102. The maximum Gasteiger partial charge on any atom is 0.489 e. The molecule has 4 aliphatic carbocycles. The van der Waals surface area contributed by atoms with Gasteiger partial charge < -0.3 is 34.2 Å². The standard InChI is InChI=1S/C24H48O8Si4/c1-5-25-33(21-13-9-14-21)29-34(26-6-2,22-15-10-16-22)31-36(28-8-4,24-19-12-20-24)32-35(30-33,27-7-3)23-17-11-18-23/h21-24H,5-20H2,1-4H3. The van der Waals surface area contributed by atoms with Gasteiger partial charge in [-0.15, -0.1) is 0 Å². The molecular weight excluding hydrogens is 529 g/mol. The van der Waals surface area contributed by atoms with E-state index in [9.17, 15) is 0 Å². The molecule has 0 radical (unpaired) electrons. The second-order valence-electron chi connectivity index (χ2n) is 11.1. The summed E-state index contributed by atoms with van der Waals surface area (Å²) in [5, 5.41) is 0. The molecule has 1 saturated heterocycles. The largest absolute Gasteiger partial charge is 0.489 e. The molecule has 0 aromatic rings. The lowest BCUT2D eigenvalue weighted by Gasteiger charge is -2.58. The van der Waals surface area contributed by atoms with E-state index in [4.69, 9.17) is 34.2 Å². The average molecular weight is 577 g/mol. The van der Waals surface area contributed by atoms with Crippen LogP contribution < -0.4 is 0 Å². The van der Waals surface area contributed by atoms with Gasteiger partial charge >= 0.3 is 35.2 Å². The van der Waals surface area contributed by atoms with E-state index in [0.717, 1.165) is 51.4 Å². The van der Waals surface area contributed by atoms with Crippen LogP contribution in [0.3, 0.4) is 0 Å². The van der Waals surface area contributed by atoms with Crippen molar-refractivity contribution in [2.24, 2.45) is 0 Å². The minimum atomic E-state index is -3.24. The number of rotatable bonds is 12. The molecule has 0 atom stereocenters. The van der Waals surface area contributed by atoms with Gasteiger partial charge in [0, 0.05) is 48.6 Å². The summed E-state index contributed by atoms with van der Waals surface area (Å²) in [6, 6.07) is 0. The van der Waals surface area contributed by atoms with E-state index in [0.29, 0.717) is 26.4 Å². The fourth-order valence-electron chi connectivity index (χ4n) is 6.10. The summed E-state index contributed by atoms with van der Waals surface area (Å²) in [5.74, 6) is 0. The van der Waals surface area contributed by atoms with Gasteiger partial charge in [-0.05, 0) is 79.1 Å². The van der Waals surface area contributed by atoms with Crippen LogP contribution in [0.15, 0.2) is 0 Å². The fraction of sp³-hybridized carbons (Fsp3) is 1.00. The molecule has 1 heterocycles. The van der Waals surface area contributed by atoms with Crippen LogP contribution in [0.25, 0.3) is 0 Å². The van der Waals surface area contributed by atoms with Gasteiger partial charge in [-0.1, -0.05) is 25.7 Å². The first kappa shape index (κ1) is 28.1. The second kappa shape index (κ2) is 11.6. The van der Waals surface area contributed by atoms with E-state index in [1.165, 1.54) is 25.7 Å². The van der Waals surface area contributed by atoms with Crippen molar-refractivity contribution in [2.45, 2.75) is 127 Å². The molecule has 208 valence electrons. The highest BCUT2D eigenvalue weighted by molar-refractivity contribution is 6.90. The van der Waals surface area contributed by atoms with E-state index in [-0.39, 0.29) is 22.2 Å². The monoisotopic (exact) mass is 576 g/mol. The number of hydrogen-bond acceptors (Lipinski definition) is 8. The molecule has 0 aromatic heterocycles. The van der Waals surface area contributed by atoms with E-state index >= 15 is 0 Å². The zero-order chi connectivity index (χ0) is 25.3. The molecule has 0 amide bonds. The van der Waals surface area contributed by atoms with Gasteiger partial charge in [0.15, 0.2) is 0 Å². The molecule has 1 aliphatic heterocycles. The van der Waals surface area contributed by atoms with Crippen LogP contribution in [0, 0.1) is 0 Å². The Hall–Kier alpha value is 0.548. The van der Waals surface area contributed by atoms with Crippen molar-refractivity contribution in [1.82, 2.24) is 0 Å². The van der Waals surface area contributed by atoms with Crippen molar-refractivity contribution in [3.63, 3.8) is 0 Å². The predicted octanol–water partition coefficient (Wildman–Crippen LogP) is 6.18. The zero-order valence-electron chi connectivity index (χ0n) is 22.9. The number of hydrogen-bond donors (Lipinski definition) is 0. The van der Waals surface area contributed by atoms with E-state index in [1.807, 2.05) is 0 Å². The third-order valence-electron chi connectivity index (χ3n) is 8.94. The van der Waals surface area contributed by atoms with Gasteiger partial charge in [0.2, 0.25) is 0 Å². The summed E-state index contributed by atoms with van der Waals surface area (Å²) in [6.07, 6.45) is 13.2. The first-order valence-electron chi connectivity index (χ1n) is 14.9. The molecule has 5 aliphatic rings. The predicted molar refractivity (Wildman–Crippen MR) is 144 cm³/mol. The SMILES string of the molecule is CCO[Si]1(C2CCC2)O[Si](OCC)(C2CCC2)O[Si](OCC)(C2CCC2)O[Si](OCC)(C2CCC2)O1. The Bertz CT molecular complexity index is 601. The molecule has 0 bridgehead atoms. The molecule has 5 fully saturated rings. The highest BCUT2D eigenvalue weighted by atomic mass is 28.6. The molecule has 8 nitrogen and oxygen atoms in total. The molecule has 4 saturated carbocycles. The average Bonchev–Trinajstić information content (AvgIpc) is 2.61. The van der Waals surface area contributed by atoms with Crippen LogP contribution in [0.5, 0.6) is 0 Å². The van der Waals surface area contributed by atoms with Crippen LogP contribution in [0.2, 0.25) is 22.2 Å². The third-order valence-corrected chi connectivity index (χ3v) is 27.1. The summed E-state index contributed by atoms with van der Waals surface area (Å²) in [5.41, 5.74) is 1.03. The van der Waals surface area contributed by atoms with Crippen molar-refractivity contribution in [2.75, 3.05) is 26.4 Å². The summed E-state index contributed by atoms with van der Waals surface area (Å²) < 4.78 is 56.5. The topological polar surface area (TPSA) is 73.8 Å². The Labute approximate surface area is 222 Å². The lowest BCUT2D eigenvalue weighted by Crippen LogP contribution is -2.78. The quantitative estimate of drug-likeness (QED) is 0.255. The molecule has 0 N–H and O–H groups in total. The molecule has 5 rings (SSSR count). The Morgan fingerprint density at radius 1 is 0.417 bits per heavy atom. The van der Waals surface area contributed by atoms with Crippen LogP contribution in [0.4, 0.5) is 0 Å². The normalized spacial score (nSPS) is 41.0. The van der Waals surface area contributed by atoms with Crippen LogP contribution in [0.1, 0.15) is 105 Å². The van der Waals surface area contributed by atoms with E-state index in [2.05, 4.69) is 27.7 Å². The minimum absolute atomic E-state index is 0.259. The van der Waals surface area contributed by atoms with Gasteiger partial charge in [0.1, 0.15) is 0 Å². The van der Waals surface area contributed by atoms with Crippen molar-refractivity contribution >= 4 is 35.2 Å². The van der Waals surface area contributed by atoms with Crippen molar-refractivity contribution in [3.8, 4) is 0 Å². The molecule has 0 spiro atoms. The highest BCUT2D eigenvalue weighted by Gasteiger charge is 2.75. The third kappa shape index (κ3) is 4.96. The maximum absolute atomic E-state index is 7.41. The molecule has 36 heavy (non-hydrogen) atoms. The Morgan fingerprint density at radius 3 is 0.722 bits per heavy atom. The van der Waals surface area contributed by atoms with Crippen LogP contribution >= 0.6 is 0 Å². The maximum atomic E-state index is 7.41. The smallest absolute Gasteiger partial charge is 0.374 e. The summed E-state index contributed by atoms with van der Waals surface area (Å²) >= 11 is 0. The van der Waals surface area contributed by atoms with Crippen molar-refractivity contribution in [1.29, 1.82) is 0 Å². The Kier molecular flexibility index (Phi) is 9.03. The first-order chi connectivity index (χ1) is 17.5. The van der Waals surface area contributed by atoms with Gasteiger partial charge in [-0.2, -0.15) is 0 Å².